The Bertz CT molecular complexity index is 934. The Labute approximate surface area is 173 Å². The van der Waals surface area contributed by atoms with Crippen LogP contribution in [-0.2, 0) is 0 Å². The summed E-state index contributed by atoms with van der Waals surface area (Å²) in [6.07, 6.45) is 2.84. The molecule has 3 rings (SSSR count). The maximum atomic E-state index is 12.4. The Kier molecular flexibility index (Phi) is 5.96. The van der Waals surface area contributed by atoms with Crippen molar-refractivity contribution in [2.75, 3.05) is 18.6 Å². The zero-order chi connectivity index (χ0) is 21.2. The summed E-state index contributed by atoms with van der Waals surface area (Å²) in [7, 11) is 1.55. The molecule has 0 radical (unpaired) electrons. The molecule has 1 N–H and O–H groups in total. The number of hydrazone groups is 1. The van der Waals surface area contributed by atoms with Crippen molar-refractivity contribution in [3.05, 3.63) is 58.7 Å². The summed E-state index contributed by atoms with van der Waals surface area (Å²) >= 11 is 0. The molecule has 0 unspecified atom stereocenters. The molecule has 0 saturated carbocycles. The molecule has 0 spiro atoms. The third-order valence-electron chi connectivity index (χ3n) is 5.81. The van der Waals surface area contributed by atoms with E-state index in [0.717, 1.165) is 24.1 Å². The monoisotopic (exact) mass is 393 g/mol. The second-order valence-corrected chi connectivity index (χ2v) is 8.33. The van der Waals surface area contributed by atoms with Crippen LogP contribution in [0.25, 0.3) is 0 Å². The number of benzene rings is 2. The van der Waals surface area contributed by atoms with Gasteiger partial charge in [0.1, 0.15) is 5.75 Å². The van der Waals surface area contributed by atoms with E-state index >= 15 is 0 Å². The van der Waals surface area contributed by atoms with Crippen LogP contribution >= 0.6 is 0 Å². The van der Waals surface area contributed by atoms with E-state index < -0.39 is 0 Å². The highest BCUT2D eigenvalue weighted by atomic mass is 16.5. The normalized spacial score (nSPS) is 17.9. The molecule has 5 nitrogen and oxygen atoms in total. The van der Waals surface area contributed by atoms with Crippen LogP contribution in [0.15, 0.2) is 41.5 Å². The molecule has 0 aliphatic carbocycles. The number of para-hydroxylation sites is 1. The molecule has 0 fully saturated rings. The van der Waals surface area contributed by atoms with Crippen LogP contribution in [0.2, 0.25) is 0 Å². The van der Waals surface area contributed by atoms with Crippen molar-refractivity contribution in [1.82, 2.24) is 5.43 Å². The van der Waals surface area contributed by atoms with Crippen LogP contribution in [-0.4, -0.2) is 31.3 Å². The maximum absolute atomic E-state index is 12.4. The van der Waals surface area contributed by atoms with Gasteiger partial charge >= 0.3 is 0 Å². The van der Waals surface area contributed by atoms with Gasteiger partial charge in [0.25, 0.3) is 5.91 Å². The van der Waals surface area contributed by atoms with Gasteiger partial charge < -0.3 is 9.64 Å². The quantitative estimate of drug-likeness (QED) is 0.582. The summed E-state index contributed by atoms with van der Waals surface area (Å²) in [6.45, 7) is 12.2. The highest BCUT2D eigenvalue weighted by Gasteiger charge is 2.35. The summed E-state index contributed by atoms with van der Waals surface area (Å²) in [6, 6.07) is 11.6. The first-order valence-electron chi connectivity index (χ1n) is 10.2. The fourth-order valence-corrected chi connectivity index (χ4v) is 4.44. The van der Waals surface area contributed by atoms with Crippen LogP contribution in [0, 0.1) is 6.92 Å². The van der Waals surface area contributed by atoms with Gasteiger partial charge in [-0.1, -0.05) is 19.1 Å². The van der Waals surface area contributed by atoms with E-state index in [-0.39, 0.29) is 11.4 Å². The molecule has 0 bridgehead atoms. The lowest BCUT2D eigenvalue weighted by Crippen LogP contribution is -2.48. The average Bonchev–Trinajstić information content (AvgIpc) is 2.68. The molecule has 2 aromatic rings. The molecular formula is C24H31N3O2. The molecular weight excluding hydrogens is 362 g/mol. The van der Waals surface area contributed by atoms with E-state index in [9.17, 15) is 4.79 Å². The standard InChI is InChI=1S/C24H31N3O2/c1-7-27-21-12-16(2)18(13-20(21)17(3)14-24(27,4)5)15-25-26-23(28)19-10-8-9-11-22(19)29-6/h8-13,15,17H,7,14H2,1-6H3,(H,26,28)/b25-15-/t17-/m1/s1. The molecule has 0 aromatic heterocycles. The highest BCUT2D eigenvalue weighted by molar-refractivity contribution is 5.97. The van der Waals surface area contributed by atoms with E-state index in [2.05, 4.69) is 62.2 Å². The van der Waals surface area contributed by atoms with Crippen molar-refractivity contribution in [3.63, 3.8) is 0 Å². The molecule has 154 valence electrons. The Morgan fingerprint density at radius 2 is 2.07 bits per heavy atom. The minimum absolute atomic E-state index is 0.145. The maximum Gasteiger partial charge on any atom is 0.275 e. The van der Waals surface area contributed by atoms with Crippen LogP contribution in [0.4, 0.5) is 5.69 Å². The lowest BCUT2D eigenvalue weighted by molar-refractivity contribution is 0.0952. The third kappa shape index (κ3) is 4.14. The minimum Gasteiger partial charge on any atom is -0.496 e. The summed E-state index contributed by atoms with van der Waals surface area (Å²) in [4.78, 5) is 14.9. The van der Waals surface area contributed by atoms with Gasteiger partial charge in [-0.05, 0) is 81.0 Å². The van der Waals surface area contributed by atoms with Gasteiger partial charge in [-0.25, -0.2) is 5.43 Å². The molecule has 1 atom stereocenters. The van der Waals surface area contributed by atoms with Gasteiger partial charge in [0.2, 0.25) is 0 Å². The number of anilines is 1. The summed E-state index contributed by atoms with van der Waals surface area (Å²) in [5.74, 6) is 0.710. The first-order chi connectivity index (χ1) is 13.8. The highest BCUT2D eigenvalue weighted by Crippen LogP contribution is 2.43. The van der Waals surface area contributed by atoms with Gasteiger partial charge in [-0.3, -0.25) is 4.79 Å². The molecule has 1 aliphatic rings. The number of hydrogen-bond donors (Lipinski definition) is 1. The van der Waals surface area contributed by atoms with Crippen molar-refractivity contribution in [3.8, 4) is 5.75 Å². The van der Waals surface area contributed by atoms with Crippen molar-refractivity contribution in [2.45, 2.75) is 52.5 Å². The fraction of sp³-hybridized carbons (Fsp3) is 0.417. The van der Waals surface area contributed by atoms with Gasteiger partial charge in [0.15, 0.2) is 0 Å². The number of hydrogen-bond acceptors (Lipinski definition) is 4. The van der Waals surface area contributed by atoms with E-state index in [4.69, 9.17) is 4.74 Å². The molecule has 0 saturated heterocycles. The number of nitrogens with one attached hydrogen (secondary N) is 1. The van der Waals surface area contributed by atoms with Crippen LogP contribution < -0.4 is 15.1 Å². The summed E-state index contributed by atoms with van der Waals surface area (Å²) in [5.41, 5.74) is 8.03. The smallest absolute Gasteiger partial charge is 0.275 e. The number of carbonyl (C=O) groups excluding carboxylic acids is 1. The predicted molar refractivity (Wildman–Crippen MR) is 119 cm³/mol. The number of methoxy groups -OCH3 is 1. The number of rotatable bonds is 5. The van der Waals surface area contributed by atoms with Crippen molar-refractivity contribution >= 4 is 17.8 Å². The van der Waals surface area contributed by atoms with E-state index in [0.29, 0.717) is 17.2 Å². The second kappa shape index (κ2) is 8.27. The minimum atomic E-state index is -0.290. The Morgan fingerprint density at radius 1 is 1.34 bits per heavy atom. The average molecular weight is 394 g/mol. The predicted octanol–water partition coefficient (Wildman–Crippen LogP) is 4.88. The Hall–Kier alpha value is -2.82. The van der Waals surface area contributed by atoms with Crippen molar-refractivity contribution < 1.29 is 9.53 Å². The zero-order valence-electron chi connectivity index (χ0n) is 18.2. The van der Waals surface area contributed by atoms with Crippen LogP contribution in [0.3, 0.4) is 0 Å². The fourth-order valence-electron chi connectivity index (χ4n) is 4.44. The summed E-state index contributed by atoms with van der Waals surface area (Å²) < 4.78 is 5.24. The van der Waals surface area contributed by atoms with E-state index in [1.54, 1.807) is 31.5 Å². The number of fused-ring (bicyclic) bond motifs is 1. The number of nitrogens with zero attached hydrogens (tertiary/aromatic N) is 2. The van der Waals surface area contributed by atoms with Crippen LogP contribution in [0.5, 0.6) is 5.75 Å². The number of amides is 1. The Morgan fingerprint density at radius 3 is 2.76 bits per heavy atom. The van der Waals surface area contributed by atoms with Crippen molar-refractivity contribution in [1.29, 1.82) is 0 Å². The SMILES string of the molecule is CCN1c2cc(C)c(/C=N\NC(=O)c3ccccc3OC)cc2[C@H](C)CC1(C)C. The Balaban J connectivity index is 1.84. The molecule has 1 amide bonds. The van der Waals surface area contributed by atoms with Gasteiger partial charge in [0.05, 0.1) is 18.9 Å². The molecule has 29 heavy (non-hydrogen) atoms. The first kappa shape index (κ1) is 20.9. The largest absolute Gasteiger partial charge is 0.496 e. The molecule has 2 aromatic carbocycles. The molecule has 1 heterocycles. The zero-order valence-corrected chi connectivity index (χ0v) is 18.2. The lowest BCUT2D eigenvalue weighted by atomic mass is 9.79. The number of aryl methyl sites for hydroxylation is 1. The lowest BCUT2D eigenvalue weighted by Gasteiger charge is -2.47. The van der Waals surface area contributed by atoms with Gasteiger partial charge in [-0.2, -0.15) is 5.10 Å². The van der Waals surface area contributed by atoms with Gasteiger partial charge in [-0.15, -0.1) is 0 Å². The van der Waals surface area contributed by atoms with E-state index in [1.165, 1.54) is 11.3 Å². The molecule has 5 heteroatoms. The first-order valence-corrected chi connectivity index (χ1v) is 10.2. The van der Waals surface area contributed by atoms with Gasteiger partial charge in [0, 0.05) is 17.8 Å². The van der Waals surface area contributed by atoms with Crippen LogP contribution in [0.1, 0.15) is 67.1 Å². The number of ether oxygens (including phenoxy) is 1. The second-order valence-electron chi connectivity index (χ2n) is 8.33. The topological polar surface area (TPSA) is 53.9 Å². The molecule has 1 aliphatic heterocycles. The third-order valence-corrected chi connectivity index (χ3v) is 5.81. The number of carbonyl (C=O) groups is 1. The summed E-state index contributed by atoms with van der Waals surface area (Å²) in [5, 5.41) is 4.20. The van der Waals surface area contributed by atoms with Crippen molar-refractivity contribution in [2.24, 2.45) is 5.10 Å². The van der Waals surface area contributed by atoms with E-state index in [1.807, 2.05) is 6.07 Å².